The highest BCUT2D eigenvalue weighted by atomic mass is 35.5. The van der Waals surface area contributed by atoms with Crippen molar-refractivity contribution in [1.82, 2.24) is 15.5 Å². The molecule has 24 heavy (non-hydrogen) atoms. The zero-order valence-corrected chi connectivity index (χ0v) is 15.4. The molecule has 0 aromatic heterocycles. The molecule has 134 valence electrons. The minimum atomic E-state index is 0. The summed E-state index contributed by atoms with van der Waals surface area (Å²) in [5.41, 5.74) is 1.25. The Morgan fingerprint density at radius 2 is 2.00 bits per heavy atom. The van der Waals surface area contributed by atoms with Crippen LogP contribution in [-0.4, -0.2) is 43.0 Å². The quantitative estimate of drug-likeness (QED) is 0.857. The van der Waals surface area contributed by atoms with Crippen molar-refractivity contribution in [2.75, 3.05) is 26.2 Å². The first-order valence-corrected chi connectivity index (χ1v) is 9.03. The van der Waals surface area contributed by atoms with Gasteiger partial charge in [0.15, 0.2) is 0 Å². The molecular weight excluding hydrogens is 322 g/mol. The zero-order chi connectivity index (χ0) is 16.1. The summed E-state index contributed by atoms with van der Waals surface area (Å²) in [6.07, 6.45) is 5.03. The lowest BCUT2D eigenvalue weighted by Gasteiger charge is -2.34. The largest absolute Gasteiger partial charge is 0.348 e. The fourth-order valence-corrected chi connectivity index (χ4v) is 3.95. The van der Waals surface area contributed by atoms with E-state index in [2.05, 4.69) is 46.7 Å². The number of halogens is 1. The number of carbonyl (C=O) groups is 1. The van der Waals surface area contributed by atoms with Crippen LogP contribution < -0.4 is 10.6 Å². The second-order valence-electron chi connectivity index (χ2n) is 7.02. The maximum absolute atomic E-state index is 12.6. The van der Waals surface area contributed by atoms with E-state index in [-0.39, 0.29) is 24.4 Å². The SMILES string of the molecule is C[C@H]1CNCCN1CC(=O)NC(c1ccccc1)C1CCCC1.Cl. The lowest BCUT2D eigenvalue weighted by atomic mass is 9.91. The van der Waals surface area contributed by atoms with Crippen LogP contribution in [0.5, 0.6) is 0 Å². The Balaban J connectivity index is 0.00000208. The van der Waals surface area contributed by atoms with Crippen LogP contribution in [0.15, 0.2) is 30.3 Å². The third-order valence-corrected chi connectivity index (χ3v) is 5.33. The van der Waals surface area contributed by atoms with Gasteiger partial charge in [-0.05, 0) is 31.2 Å². The molecule has 5 heteroatoms. The number of carbonyl (C=O) groups excluding carboxylic acids is 1. The van der Waals surface area contributed by atoms with Gasteiger partial charge in [-0.25, -0.2) is 0 Å². The van der Waals surface area contributed by atoms with Crippen LogP contribution in [0.4, 0.5) is 0 Å². The number of piperazine rings is 1. The maximum atomic E-state index is 12.6. The van der Waals surface area contributed by atoms with Gasteiger partial charge in [0.1, 0.15) is 0 Å². The van der Waals surface area contributed by atoms with E-state index in [1.54, 1.807) is 0 Å². The third-order valence-electron chi connectivity index (χ3n) is 5.33. The van der Waals surface area contributed by atoms with E-state index in [0.717, 1.165) is 19.6 Å². The molecule has 1 unspecified atom stereocenters. The Morgan fingerprint density at radius 3 is 2.67 bits per heavy atom. The van der Waals surface area contributed by atoms with Gasteiger partial charge in [0.05, 0.1) is 12.6 Å². The van der Waals surface area contributed by atoms with Gasteiger partial charge >= 0.3 is 0 Å². The Bertz CT molecular complexity index is 505. The highest BCUT2D eigenvalue weighted by Crippen LogP contribution is 2.35. The monoisotopic (exact) mass is 351 g/mol. The first kappa shape index (κ1) is 19.2. The summed E-state index contributed by atoms with van der Waals surface area (Å²) < 4.78 is 0. The molecule has 1 aromatic rings. The summed E-state index contributed by atoms with van der Waals surface area (Å²) >= 11 is 0. The number of nitrogens with zero attached hydrogens (tertiary/aromatic N) is 1. The first-order chi connectivity index (χ1) is 11.2. The zero-order valence-electron chi connectivity index (χ0n) is 14.5. The summed E-state index contributed by atoms with van der Waals surface area (Å²) in [4.78, 5) is 14.9. The van der Waals surface area contributed by atoms with Crippen LogP contribution in [0.25, 0.3) is 0 Å². The van der Waals surface area contributed by atoms with Crippen molar-refractivity contribution in [2.45, 2.75) is 44.7 Å². The molecule has 1 saturated carbocycles. The second kappa shape index (κ2) is 9.40. The lowest BCUT2D eigenvalue weighted by molar-refractivity contribution is -0.124. The van der Waals surface area contributed by atoms with Gasteiger partial charge in [0, 0.05) is 25.7 Å². The first-order valence-electron chi connectivity index (χ1n) is 9.03. The number of amides is 1. The predicted molar refractivity (Wildman–Crippen MR) is 100 cm³/mol. The van der Waals surface area contributed by atoms with Crippen LogP contribution in [0.3, 0.4) is 0 Å². The number of nitrogens with one attached hydrogen (secondary N) is 2. The molecule has 2 N–H and O–H groups in total. The molecule has 1 aliphatic heterocycles. The van der Waals surface area contributed by atoms with Gasteiger partial charge in [-0.2, -0.15) is 0 Å². The molecule has 3 rings (SSSR count). The molecule has 0 radical (unpaired) electrons. The van der Waals surface area contributed by atoms with Gasteiger partial charge in [-0.3, -0.25) is 9.69 Å². The van der Waals surface area contributed by atoms with E-state index in [9.17, 15) is 4.79 Å². The van der Waals surface area contributed by atoms with Crippen molar-refractivity contribution in [3.63, 3.8) is 0 Å². The van der Waals surface area contributed by atoms with Gasteiger partial charge in [-0.15, -0.1) is 12.4 Å². The van der Waals surface area contributed by atoms with Gasteiger partial charge < -0.3 is 10.6 Å². The van der Waals surface area contributed by atoms with Crippen LogP contribution >= 0.6 is 12.4 Å². The molecular formula is C19H30ClN3O. The third kappa shape index (κ3) is 4.95. The maximum Gasteiger partial charge on any atom is 0.234 e. The number of benzene rings is 1. The van der Waals surface area contributed by atoms with Crippen molar-refractivity contribution in [3.05, 3.63) is 35.9 Å². The van der Waals surface area contributed by atoms with Gasteiger partial charge in [0.25, 0.3) is 0 Å². The molecule has 1 aromatic carbocycles. The summed E-state index contributed by atoms with van der Waals surface area (Å²) in [6, 6.07) is 11.1. The second-order valence-corrected chi connectivity index (χ2v) is 7.02. The number of rotatable bonds is 5. The summed E-state index contributed by atoms with van der Waals surface area (Å²) in [5, 5.41) is 6.72. The Morgan fingerprint density at radius 1 is 1.29 bits per heavy atom. The molecule has 2 fully saturated rings. The van der Waals surface area contributed by atoms with E-state index < -0.39 is 0 Å². The standard InChI is InChI=1S/C19H29N3O.ClH/c1-15-13-20-11-12-22(15)14-18(23)21-19(17-9-5-6-10-17)16-7-3-2-4-8-16;/h2-4,7-8,15,17,19-20H,5-6,9-14H2,1H3,(H,21,23);1H/t15-,19?;/m0./s1. The minimum absolute atomic E-state index is 0. The fraction of sp³-hybridized carbons (Fsp3) is 0.632. The van der Waals surface area contributed by atoms with Crippen LogP contribution in [0, 0.1) is 5.92 Å². The summed E-state index contributed by atoms with van der Waals surface area (Å²) in [7, 11) is 0. The van der Waals surface area contributed by atoms with E-state index in [1.165, 1.54) is 31.2 Å². The lowest BCUT2D eigenvalue weighted by Crippen LogP contribution is -2.53. The van der Waals surface area contributed by atoms with Crippen molar-refractivity contribution in [3.8, 4) is 0 Å². The van der Waals surface area contributed by atoms with Crippen molar-refractivity contribution in [2.24, 2.45) is 5.92 Å². The van der Waals surface area contributed by atoms with E-state index in [0.29, 0.717) is 18.5 Å². The van der Waals surface area contributed by atoms with Crippen molar-refractivity contribution < 1.29 is 4.79 Å². The smallest absolute Gasteiger partial charge is 0.234 e. The molecule has 1 aliphatic carbocycles. The molecule has 1 saturated heterocycles. The minimum Gasteiger partial charge on any atom is -0.348 e. The predicted octanol–water partition coefficient (Wildman–Crippen LogP) is 2.75. The van der Waals surface area contributed by atoms with E-state index >= 15 is 0 Å². The Labute approximate surface area is 151 Å². The highest BCUT2D eigenvalue weighted by Gasteiger charge is 2.28. The average molecular weight is 352 g/mol. The normalized spacial score (nSPS) is 23.5. The molecule has 1 amide bonds. The van der Waals surface area contributed by atoms with E-state index in [1.807, 2.05) is 6.07 Å². The molecule has 2 atom stereocenters. The van der Waals surface area contributed by atoms with Crippen molar-refractivity contribution in [1.29, 1.82) is 0 Å². The van der Waals surface area contributed by atoms with Crippen LogP contribution in [0.1, 0.15) is 44.2 Å². The van der Waals surface area contributed by atoms with Crippen LogP contribution in [-0.2, 0) is 4.79 Å². The van der Waals surface area contributed by atoms with Gasteiger partial charge in [0.2, 0.25) is 5.91 Å². The molecule has 4 nitrogen and oxygen atoms in total. The molecule has 1 heterocycles. The molecule has 0 bridgehead atoms. The highest BCUT2D eigenvalue weighted by molar-refractivity contribution is 5.85. The number of hydrogen-bond donors (Lipinski definition) is 2. The van der Waals surface area contributed by atoms with E-state index in [4.69, 9.17) is 0 Å². The van der Waals surface area contributed by atoms with Crippen LogP contribution in [0.2, 0.25) is 0 Å². The molecule has 0 spiro atoms. The average Bonchev–Trinajstić information content (AvgIpc) is 3.10. The topological polar surface area (TPSA) is 44.4 Å². The Kier molecular flexibility index (Phi) is 7.53. The summed E-state index contributed by atoms with van der Waals surface area (Å²) in [6.45, 7) is 5.60. The summed E-state index contributed by atoms with van der Waals surface area (Å²) in [5.74, 6) is 0.751. The number of hydrogen-bond acceptors (Lipinski definition) is 3. The Hall–Kier alpha value is -1.10. The molecule has 2 aliphatic rings. The van der Waals surface area contributed by atoms with Crippen molar-refractivity contribution >= 4 is 18.3 Å². The van der Waals surface area contributed by atoms with Gasteiger partial charge in [-0.1, -0.05) is 43.2 Å². The fourth-order valence-electron chi connectivity index (χ4n) is 3.95.